The molecule has 2 aromatic rings. The number of hydrogen-bond acceptors (Lipinski definition) is 4. The quantitative estimate of drug-likeness (QED) is 0.398. The summed E-state index contributed by atoms with van der Waals surface area (Å²) >= 11 is 0. The van der Waals surface area contributed by atoms with Crippen molar-refractivity contribution in [1.82, 2.24) is 10.6 Å². The molecule has 162 valence electrons. The van der Waals surface area contributed by atoms with Crippen LogP contribution in [0.25, 0.3) is 0 Å². The minimum absolute atomic E-state index is 0.126. The van der Waals surface area contributed by atoms with Gasteiger partial charge in [-0.05, 0) is 36.8 Å². The van der Waals surface area contributed by atoms with Gasteiger partial charge in [0.2, 0.25) is 0 Å². The highest BCUT2D eigenvalue weighted by Crippen LogP contribution is 2.31. The first-order chi connectivity index (χ1) is 14.0. The zero-order chi connectivity index (χ0) is 22.5. The largest absolute Gasteiger partial charge is 0.463 e. The molecule has 0 unspecified atom stereocenters. The molecule has 0 fully saturated rings. The van der Waals surface area contributed by atoms with Crippen LogP contribution in [0.15, 0.2) is 42.5 Å². The van der Waals surface area contributed by atoms with Crippen molar-refractivity contribution < 1.29 is 40.7 Å². The van der Waals surface area contributed by atoms with E-state index in [9.17, 15) is 35.9 Å². The maximum absolute atomic E-state index is 14.0. The first-order valence-corrected chi connectivity index (χ1v) is 8.51. The smallest absolute Gasteiger partial charge is 0.436 e. The van der Waals surface area contributed by atoms with Crippen LogP contribution in [0, 0.1) is 17.5 Å². The second-order valence-corrected chi connectivity index (χ2v) is 6.00. The van der Waals surface area contributed by atoms with Crippen molar-refractivity contribution in [1.29, 1.82) is 0 Å². The Balaban J connectivity index is 2.46. The van der Waals surface area contributed by atoms with Gasteiger partial charge in [-0.25, -0.2) is 18.0 Å². The van der Waals surface area contributed by atoms with Crippen LogP contribution >= 0.6 is 0 Å². The minimum Gasteiger partial charge on any atom is -0.463 e. The predicted octanol–water partition coefficient (Wildman–Crippen LogP) is 3.45. The lowest BCUT2D eigenvalue weighted by molar-refractivity contribution is -0.219. The number of rotatable bonds is 7. The Hall–Kier alpha value is -3.08. The van der Waals surface area contributed by atoms with E-state index in [4.69, 9.17) is 0 Å². The average molecular weight is 434 g/mol. The Kier molecular flexibility index (Phi) is 7.08. The summed E-state index contributed by atoms with van der Waals surface area (Å²) in [4.78, 5) is 24.6. The number of hydrogen-bond donors (Lipinski definition) is 2. The fourth-order valence-electron chi connectivity index (χ4n) is 2.48. The monoisotopic (exact) mass is 434 g/mol. The molecule has 11 heteroatoms. The molecule has 0 aromatic heterocycles. The highest BCUT2D eigenvalue weighted by atomic mass is 19.4. The summed E-state index contributed by atoms with van der Waals surface area (Å²) < 4.78 is 87.1. The summed E-state index contributed by atoms with van der Waals surface area (Å²) in [6.07, 6.45) is -5.48. The average Bonchev–Trinajstić information content (AvgIpc) is 2.65. The van der Waals surface area contributed by atoms with E-state index in [1.807, 2.05) is 5.32 Å². The van der Waals surface area contributed by atoms with Crippen LogP contribution in [-0.2, 0) is 16.1 Å². The SMILES string of the molecule is CCOC(=O)[C@@](NCc1ccc(F)cc1)(NC(=O)c1c(F)cccc1F)C(F)(F)F. The minimum atomic E-state index is -5.48. The van der Waals surface area contributed by atoms with Crippen molar-refractivity contribution >= 4 is 11.9 Å². The van der Waals surface area contributed by atoms with E-state index in [1.165, 1.54) is 12.2 Å². The van der Waals surface area contributed by atoms with E-state index >= 15 is 0 Å². The fourth-order valence-corrected chi connectivity index (χ4v) is 2.48. The lowest BCUT2D eigenvalue weighted by atomic mass is 10.1. The van der Waals surface area contributed by atoms with Crippen LogP contribution in [0.4, 0.5) is 26.3 Å². The first-order valence-electron chi connectivity index (χ1n) is 8.51. The normalized spacial score (nSPS) is 13.4. The highest BCUT2D eigenvalue weighted by Gasteiger charge is 2.63. The maximum Gasteiger partial charge on any atom is 0.436 e. The van der Waals surface area contributed by atoms with Gasteiger partial charge in [-0.15, -0.1) is 0 Å². The van der Waals surface area contributed by atoms with Gasteiger partial charge < -0.3 is 10.1 Å². The van der Waals surface area contributed by atoms with Gasteiger partial charge in [0.05, 0.1) is 6.61 Å². The second-order valence-electron chi connectivity index (χ2n) is 6.00. The highest BCUT2D eigenvalue weighted by molar-refractivity contribution is 5.98. The number of amides is 1. The number of nitrogens with one attached hydrogen (secondary N) is 2. The van der Waals surface area contributed by atoms with Crippen LogP contribution in [0.2, 0.25) is 0 Å². The molecule has 0 aliphatic heterocycles. The van der Waals surface area contributed by atoms with Crippen molar-refractivity contribution in [3.8, 4) is 0 Å². The van der Waals surface area contributed by atoms with Gasteiger partial charge in [-0.3, -0.25) is 10.1 Å². The third-order valence-corrected chi connectivity index (χ3v) is 3.97. The van der Waals surface area contributed by atoms with Crippen molar-refractivity contribution in [2.45, 2.75) is 25.3 Å². The van der Waals surface area contributed by atoms with E-state index in [0.717, 1.165) is 30.3 Å². The maximum atomic E-state index is 14.0. The third kappa shape index (κ3) is 4.90. The van der Waals surface area contributed by atoms with E-state index in [1.54, 1.807) is 0 Å². The summed E-state index contributed by atoms with van der Waals surface area (Å²) in [7, 11) is 0. The summed E-state index contributed by atoms with van der Waals surface area (Å²) in [6.45, 7) is 0.0921. The van der Waals surface area contributed by atoms with Crippen LogP contribution in [0.5, 0.6) is 0 Å². The molecule has 2 rings (SSSR count). The molecule has 0 spiro atoms. The summed E-state index contributed by atoms with van der Waals surface area (Å²) in [5.74, 6) is -7.27. The predicted molar refractivity (Wildman–Crippen MR) is 92.5 cm³/mol. The molecule has 2 N–H and O–H groups in total. The molecule has 30 heavy (non-hydrogen) atoms. The molecule has 0 saturated heterocycles. The molecule has 0 aliphatic rings. The van der Waals surface area contributed by atoms with E-state index < -0.39 is 59.9 Å². The van der Waals surface area contributed by atoms with Gasteiger partial charge in [-0.2, -0.15) is 13.2 Å². The zero-order valence-electron chi connectivity index (χ0n) is 15.4. The Bertz CT molecular complexity index is 897. The van der Waals surface area contributed by atoms with Crippen LogP contribution in [0.3, 0.4) is 0 Å². The van der Waals surface area contributed by atoms with Gasteiger partial charge in [-0.1, -0.05) is 18.2 Å². The number of benzene rings is 2. The van der Waals surface area contributed by atoms with Crippen molar-refractivity contribution in [3.05, 3.63) is 71.0 Å². The van der Waals surface area contributed by atoms with E-state index in [-0.39, 0.29) is 5.56 Å². The molecule has 0 bridgehead atoms. The number of esters is 1. The Morgan fingerprint density at radius 2 is 1.53 bits per heavy atom. The fraction of sp³-hybridized carbons (Fsp3) is 0.263. The van der Waals surface area contributed by atoms with Crippen LogP contribution < -0.4 is 10.6 Å². The number of carbonyl (C=O) groups is 2. The molecule has 2 aromatic carbocycles. The standard InChI is InChI=1S/C19H16F6N2O3/c1-2-30-17(29)18(19(23,24)25,26-10-11-6-8-12(20)9-7-11)27-16(28)15-13(21)4-3-5-14(15)22/h3-9,26H,2,10H2,1H3,(H,27,28)/t18-/m1/s1. The van der Waals surface area contributed by atoms with Crippen molar-refractivity contribution in [3.63, 3.8) is 0 Å². The molecular weight excluding hydrogens is 418 g/mol. The first kappa shape index (κ1) is 23.2. The number of alkyl halides is 3. The van der Waals surface area contributed by atoms with Gasteiger partial charge in [0.15, 0.2) is 0 Å². The molecule has 1 atom stereocenters. The molecule has 1 amide bonds. The Labute approximate surface area is 167 Å². The lowest BCUT2D eigenvalue weighted by Gasteiger charge is -2.35. The molecule has 0 aliphatic carbocycles. The van der Waals surface area contributed by atoms with Gasteiger partial charge in [0.1, 0.15) is 23.0 Å². The molecule has 0 saturated carbocycles. The van der Waals surface area contributed by atoms with Crippen molar-refractivity contribution in [2.24, 2.45) is 0 Å². The molecule has 0 radical (unpaired) electrons. The van der Waals surface area contributed by atoms with E-state index in [2.05, 4.69) is 4.74 Å². The Morgan fingerprint density at radius 3 is 2.03 bits per heavy atom. The Morgan fingerprint density at radius 1 is 0.967 bits per heavy atom. The van der Waals surface area contributed by atoms with Gasteiger partial charge >= 0.3 is 12.1 Å². The van der Waals surface area contributed by atoms with Crippen molar-refractivity contribution in [2.75, 3.05) is 6.61 Å². The number of ether oxygens (including phenoxy) is 1. The topological polar surface area (TPSA) is 67.4 Å². The molecule has 5 nitrogen and oxygen atoms in total. The van der Waals surface area contributed by atoms with Gasteiger partial charge in [0, 0.05) is 6.54 Å². The summed E-state index contributed by atoms with van der Waals surface area (Å²) in [5.41, 5.74) is -5.01. The van der Waals surface area contributed by atoms with Crippen LogP contribution in [-0.4, -0.2) is 30.3 Å². The summed E-state index contributed by atoms with van der Waals surface area (Å²) in [6, 6.07) is 6.50. The molecule has 0 heterocycles. The van der Waals surface area contributed by atoms with Crippen LogP contribution in [0.1, 0.15) is 22.8 Å². The third-order valence-electron chi connectivity index (χ3n) is 3.97. The lowest BCUT2D eigenvalue weighted by Crippen LogP contribution is -2.72. The zero-order valence-corrected chi connectivity index (χ0v) is 15.4. The number of carbonyl (C=O) groups excluding carboxylic acids is 2. The van der Waals surface area contributed by atoms with E-state index in [0.29, 0.717) is 12.1 Å². The summed E-state index contributed by atoms with van der Waals surface area (Å²) in [5, 5.41) is 3.17. The number of halogens is 6. The molecular formula is C19H16F6N2O3. The van der Waals surface area contributed by atoms with Gasteiger partial charge in [0.25, 0.3) is 11.6 Å². The second kappa shape index (κ2) is 9.16.